The molecule has 1 saturated heterocycles. The Balaban J connectivity index is 1.45. The predicted octanol–water partition coefficient (Wildman–Crippen LogP) is 3.09. The number of carbonyl (C=O) groups excluding carboxylic acids is 1. The van der Waals surface area contributed by atoms with E-state index in [9.17, 15) is 10.1 Å². The van der Waals surface area contributed by atoms with Crippen LogP contribution in [-0.4, -0.2) is 65.4 Å². The third kappa shape index (κ3) is 6.20. The van der Waals surface area contributed by atoms with E-state index < -0.39 is 0 Å². The van der Waals surface area contributed by atoms with Gasteiger partial charge < -0.3 is 4.90 Å². The fourth-order valence-electron chi connectivity index (χ4n) is 4.45. The van der Waals surface area contributed by atoms with Crippen molar-refractivity contribution in [2.24, 2.45) is 5.92 Å². The van der Waals surface area contributed by atoms with Crippen molar-refractivity contribution >= 4 is 23.3 Å². The van der Waals surface area contributed by atoms with Crippen LogP contribution in [0.25, 0.3) is 0 Å². The quantitative estimate of drug-likeness (QED) is 0.626. The summed E-state index contributed by atoms with van der Waals surface area (Å²) in [5.41, 5.74) is 4.73. The largest absolute Gasteiger partial charge is 0.304 e. The highest BCUT2D eigenvalue weighted by atomic mass is 35.5. The second-order valence-electron chi connectivity index (χ2n) is 8.96. The van der Waals surface area contributed by atoms with Crippen LogP contribution in [-0.2, 0) is 6.54 Å². The maximum Gasteiger partial charge on any atom is 0.269 e. The van der Waals surface area contributed by atoms with Gasteiger partial charge in [-0.05, 0) is 43.5 Å². The zero-order valence-corrected chi connectivity index (χ0v) is 19.8. The smallest absolute Gasteiger partial charge is 0.269 e. The molecule has 0 unspecified atom stereocenters. The molecule has 1 saturated carbocycles. The molecule has 2 fully saturated rings. The van der Waals surface area contributed by atoms with Crippen molar-refractivity contribution < 1.29 is 4.79 Å². The van der Waals surface area contributed by atoms with Gasteiger partial charge in [-0.25, -0.2) is 4.98 Å². The van der Waals surface area contributed by atoms with Crippen LogP contribution in [0.4, 0.5) is 5.82 Å². The van der Waals surface area contributed by atoms with E-state index in [1.54, 1.807) is 5.01 Å². The molecule has 1 aromatic heterocycles. The fourth-order valence-corrected chi connectivity index (χ4v) is 4.64. The fraction of sp³-hybridized carbons (Fsp3) is 0.500. The average molecular weight is 468 g/mol. The summed E-state index contributed by atoms with van der Waals surface area (Å²) in [5.74, 6) is 0.587. The third-order valence-electron chi connectivity index (χ3n) is 6.45. The highest BCUT2D eigenvalue weighted by Crippen LogP contribution is 2.28. The highest BCUT2D eigenvalue weighted by Gasteiger charge is 2.24. The number of nitrogens with one attached hydrogen (secondary N) is 1. The van der Waals surface area contributed by atoms with E-state index in [0.717, 1.165) is 45.6 Å². The first-order chi connectivity index (χ1) is 16.0. The Hall–Kier alpha value is -2.73. The lowest BCUT2D eigenvalue weighted by atomic mass is 10.1. The number of hydrogen-bond acceptors (Lipinski definition) is 7. The van der Waals surface area contributed by atoms with E-state index in [0.29, 0.717) is 28.9 Å². The van der Waals surface area contributed by atoms with Crippen LogP contribution >= 0.6 is 11.6 Å². The molecule has 0 bridgehead atoms. The molecule has 2 heterocycles. The Bertz CT molecular complexity index is 993. The first-order valence-electron chi connectivity index (χ1n) is 11.5. The summed E-state index contributed by atoms with van der Waals surface area (Å²) in [5, 5.41) is 11.2. The minimum Gasteiger partial charge on any atom is -0.304 e. The number of benzene rings is 1. The molecule has 4 rings (SSSR count). The number of nitrogens with zero attached hydrogens (tertiary/aromatic N) is 6. The summed E-state index contributed by atoms with van der Waals surface area (Å²) in [6, 6.07) is 9.69. The molecule has 1 N–H and O–H groups in total. The number of nitriles is 1. The Morgan fingerprint density at radius 1 is 1.21 bits per heavy atom. The lowest BCUT2D eigenvalue weighted by molar-refractivity contribution is 0.0946. The van der Waals surface area contributed by atoms with E-state index in [2.05, 4.69) is 32.2 Å². The van der Waals surface area contributed by atoms with E-state index in [-0.39, 0.29) is 11.7 Å². The number of aromatic nitrogens is 2. The first-order valence-corrected chi connectivity index (χ1v) is 11.9. The Morgan fingerprint density at radius 3 is 2.58 bits per heavy atom. The zero-order chi connectivity index (χ0) is 23.2. The molecule has 0 spiro atoms. The maximum atomic E-state index is 13.1. The highest BCUT2D eigenvalue weighted by molar-refractivity contribution is 6.32. The number of hydrogen-bond donors (Lipinski definition) is 1. The molecular weight excluding hydrogens is 438 g/mol. The predicted molar refractivity (Wildman–Crippen MR) is 128 cm³/mol. The van der Waals surface area contributed by atoms with Crippen molar-refractivity contribution in [2.75, 3.05) is 44.8 Å². The van der Waals surface area contributed by atoms with Gasteiger partial charge in [0.05, 0.1) is 6.20 Å². The number of hydrazine groups is 1. The normalized spacial score (nSPS) is 17.6. The second-order valence-corrected chi connectivity index (χ2v) is 9.36. The lowest BCUT2D eigenvalue weighted by Gasteiger charge is -2.32. The van der Waals surface area contributed by atoms with Crippen molar-refractivity contribution in [3.8, 4) is 6.07 Å². The monoisotopic (exact) mass is 467 g/mol. The van der Waals surface area contributed by atoms with Gasteiger partial charge in [0.25, 0.3) is 5.91 Å². The van der Waals surface area contributed by atoms with E-state index in [1.807, 2.05) is 30.3 Å². The molecule has 1 aromatic carbocycles. The second kappa shape index (κ2) is 10.9. The summed E-state index contributed by atoms with van der Waals surface area (Å²) < 4.78 is 0. The summed E-state index contributed by atoms with van der Waals surface area (Å²) in [4.78, 5) is 26.0. The molecule has 8 nitrogen and oxygen atoms in total. The number of likely N-dealkylation sites (N-methyl/N-ethyl adjacent to an activating group) is 1. The van der Waals surface area contributed by atoms with Gasteiger partial charge in [0.1, 0.15) is 11.1 Å². The molecule has 174 valence electrons. The van der Waals surface area contributed by atoms with Crippen LogP contribution in [0.3, 0.4) is 0 Å². The van der Waals surface area contributed by atoms with Crippen LogP contribution in [0.5, 0.6) is 0 Å². The van der Waals surface area contributed by atoms with Gasteiger partial charge >= 0.3 is 0 Å². The molecule has 1 aliphatic carbocycles. The Morgan fingerprint density at radius 2 is 1.91 bits per heavy atom. The van der Waals surface area contributed by atoms with Crippen molar-refractivity contribution in [2.45, 2.75) is 32.2 Å². The average Bonchev–Trinajstić information content (AvgIpc) is 3.34. The van der Waals surface area contributed by atoms with Crippen LogP contribution in [0.15, 0.2) is 30.5 Å². The molecule has 33 heavy (non-hydrogen) atoms. The molecule has 1 aliphatic heterocycles. The minimum atomic E-state index is -0.229. The molecular formula is C24H30ClN7O. The van der Waals surface area contributed by atoms with Crippen molar-refractivity contribution in [1.82, 2.24) is 25.2 Å². The molecule has 0 atom stereocenters. The number of rotatable bonds is 7. The maximum absolute atomic E-state index is 13.1. The van der Waals surface area contributed by atoms with E-state index in [1.165, 1.54) is 24.6 Å². The van der Waals surface area contributed by atoms with Crippen LogP contribution in [0.1, 0.15) is 47.4 Å². The molecule has 9 heteroatoms. The van der Waals surface area contributed by atoms with Gasteiger partial charge in [0.15, 0.2) is 5.82 Å². The summed E-state index contributed by atoms with van der Waals surface area (Å²) >= 11 is 6.35. The molecule has 2 aromatic rings. The van der Waals surface area contributed by atoms with Gasteiger partial charge in [-0.1, -0.05) is 36.6 Å². The number of amides is 1. The van der Waals surface area contributed by atoms with Crippen molar-refractivity contribution in [3.63, 3.8) is 0 Å². The summed E-state index contributed by atoms with van der Waals surface area (Å²) in [7, 11) is 2.15. The number of carbonyl (C=O) groups is 1. The number of anilines is 1. The van der Waals surface area contributed by atoms with Gasteiger partial charge in [0, 0.05) is 44.8 Å². The van der Waals surface area contributed by atoms with Crippen LogP contribution < -0.4 is 10.4 Å². The van der Waals surface area contributed by atoms with Gasteiger partial charge in [-0.15, -0.1) is 0 Å². The number of halogens is 1. The van der Waals surface area contributed by atoms with Gasteiger partial charge in [-0.3, -0.25) is 20.1 Å². The zero-order valence-electron chi connectivity index (χ0n) is 19.0. The standard InChI is InChI=1S/C24H30ClN7O/c1-30-10-12-31(13-11-30)16-19-6-8-20(9-7-19)24(33)29-32(17-18-4-2-3-5-18)23-21(25)15-27-22(14-26)28-23/h6-9,15,18H,2-5,10-13,16-17H2,1H3,(H,29,33). The van der Waals surface area contributed by atoms with E-state index >= 15 is 0 Å². The molecule has 2 aliphatic rings. The first kappa shape index (κ1) is 23.4. The van der Waals surface area contributed by atoms with Crippen LogP contribution in [0.2, 0.25) is 5.02 Å². The third-order valence-corrected chi connectivity index (χ3v) is 6.72. The SMILES string of the molecule is CN1CCN(Cc2ccc(C(=O)NN(CC3CCCC3)c3nc(C#N)ncc3Cl)cc2)CC1. The lowest BCUT2D eigenvalue weighted by Crippen LogP contribution is -2.45. The van der Waals surface area contributed by atoms with Gasteiger partial charge in [0.2, 0.25) is 5.82 Å². The van der Waals surface area contributed by atoms with Crippen molar-refractivity contribution in [3.05, 3.63) is 52.4 Å². The summed E-state index contributed by atoms with van der Waals surface area (Å²) in [6.07, 6.45) is 5.97. The van der Waals surface area contributed by atoms with E-state index in [4.69, 9.17) is 11.6 Å². The Labute approximate surface area is 200 Å². The Kier molecular flexibility index (Phi) is 7.76. The van der Waals surface area contributed by atoms with Crippen LogP contribution in [0, 0.1) is 17.2 Å². The summed E-state index contributed by atoms with van der Waals surface area (Å²) in [6.45, 7) is 5.75. The molecule has 0 radical (unpaired) electrons. The van der Waals surface area contributed by atoms with Crippen molar-refractivity contribution in [1.29, 1.82) is 5.26 Å². The minimum absolute atomic E-state index is 0.0216. The number of piperazine rings is 1. The topological polar surface area (TPSA) is 88.4 Å². The molecule has 1 amide bonds. The van der Waals surface area contributed by atoms with Gasteiger partial charge in [-0.2, -0.15) is 10.2 Å².